The van der Waals surface area contributed by atoms with Crippen molar-refractivity contribution >= 4 is 46.5 Å². The van der Waals surface area contributed by atoms with Gasteiger partial charge in [-0.2, -0.15) is 0 Å². The first-order valence-electron chi connectivity index (χ1n) is 19.1. The SMILES string of the molecule is CC(=O)O[C@@H]1C[C@@H](C(=O)N[C@@H](C)c2ccc(-c3scnc3C)cc2)N(C(=O)[C@@H](NC(=O)CN2CCN(c3cc(-c4ccccc4O)nnc3N)CC2)C(C)(C)C)C1. The molecule has 302 valence electrons. The van der Waals surface area contributed by atoms with Gasteiger partial charge in [-0.05, 0) is 48.6 Å². The Hall–Kier alpha value is -5.61. The van der Waals surface area contributed by atoms with Crippen LogP contribution in [0.2, 0.25) is 0 Å². The molecule has 2 aliphatic heterocycles. The van der Waals surface area contributed by atoms with Gasteiger partial charge in [0.2, 0.25) is 17.7 Å². The Morgan fingerprint density at radius 2 is 1.72 bits per heavy atom. The van der Waals surface area contributed by atoms with Gasteiger partial charge in [-0.3, -0.25) is 24.1 Å². The highest BCUT2D eigenvalue weighted by Crippen LogP contribution is 2.33. The van der Waals surface area contributed by atoms with Crippen molar-refractivity contribution in [3.8, 4) is 27.4 Å². The number of thiazole rings is 1. The quantitative estimate of drug-likeness (QED) is 0.160. The van der Waals surface area contributed by atoms with Crippen molar-refractivity contribution in [1.29, 1.82) is 0 Å². The second-order valence-corrected chi connectivity index (χ2v) is 16.6. The number of anilines is 2. The van der Waals surface area contributed by atoms with E-state index in [9.17, 15) is 24.3 Å². The van der Waals surface area contributed by atoms with Gasteiger partial charge in [-0.25, -0.2) is 4.98 Å². The van der Waals surface area contributed by atoms with Crippen LogP contribution in [-0.4, -0.2) is 111 Å². The van der Waals surface area contributed by atoms with Gasteiger partial charge in [0.15, 0.2) is 5.82 Å². The number of aromatic hydroxyl groups is 1. The molecule has 16 heteroatoms. The molecule has 2 aromatic heterocycles. The Labute approximate surface area is 336 Å². The number of esters is 1. The van der Waals surface area contributed by atoms with E-state index in [0.29, 0.717) is 43.1 Å². The van der Waals surface area contributed by atoms with Crippen molar-refractivity contribution in [2.45, 2.75) is 72.2 Å². The summed E-state index contributed by atoms with van der Waals surface area (Å²) >= 11 is 1.57. The van der Waals surface area contributed by atoms with Crippen LogP contribution in [0.5, 0.6) is 5.75 Å². The normalized spacial score (nSPS) is 18.5. The molecule has 2 fully saturated rings. The highest BCUT2D eigenvalue weighted by Gasteiger charge is 2.46. The number of phenolic OH excluding ortho intramolecular Hbond substituents is 1. The molecular weight excluding hydrogens is 747 g/mol. The lowest BCUT2D eigenvalue weighted by atomic mass is 9.85. The molecule has 2 aromatic carbocycles. The van der Waals surface area contributed by atoms with E-state index in [-0.39, 0.29) is 48.9 Å². The van der Waals surface area contributed by atoms with Crippen LogP contribution in [0.1, 0.15) is 58.3 Å². The average Bonchev–Trinajstić information content (AvgIpc) is 3.80. The number of hydrogen-bond donors (Lipinski definition) is 4. The fourth-order valence-corrected chi connectivity index (χ4v) is 8.15. The van der Waals surface area contributed by atoms with E-state index in [4.69, 9.17) is 10.5 Å². The van der Waals surface area contributed by atoms with Gasteiger partial charge in [0.25, 0.3) is 0 Å². The number of piperazine rings is 1. The van der Waals surface area contributed by atoms with Gasteiger partial charge in [0.05, 0.1) is 46.6 Å². The number of carbonyl (C=O) groups excluding carboxylic acids is 4. The van der Waals surface area contributed by atoms with E-state index < -0.39 is 35.5 Å². The summed E-state index contributed by atoms with van der Waals surface area (Å²) in [5, 5.41) is 24.7. The van der Waals surface area contributed by atoms with Crippen LogP contribution < -0.4 is 21.3 Å². The van der Waals surface area contributed by atoms with Crippen LogP contribution in [0.4, 0.5) is 11.5 Å². The highest BCUT2D eigenvalue weighted by atomic mass is 32.1. The van der Waals surface area contributed by atoms with Gasteiger partial charge in [-0.15, -0.1) is 21.5 Å². The number of phenols is 1. The zero-order valence-electron chi connectivity index (χ0n) is 33.2. The molecule has 0 spiro atoms. The molecule has 15 nitrogen and oxygen atoms in total. The maximum absolute atomic E-state index is 14.4. The summed E-state index contributed by atoms with van der Waals surface area (Å²) in [7, 11) is 0. The standard InChI is InChI=1S/C41H51N9O6S/c1-24(27-11-13-28(14-12-27)36-25(2)43-23-57-36)44-39(54)33-19-29(56-26(3)51)21-50(33)40(55)37(41(4,5)6)45-35(53)22-48-15-17-49(18-16-48)32-20-31(46-47-38(32)42)30-9-7-8-10-34(30)52/h7-14,20,23-24,29,33,37,52H,15-19,21-22H2,1-6H3,(H2,42,47)(H,44,54)(H,45,53)/t24-,29+,33-,37+/m0/s1. The van der Waals surface area contributed by atoms with Crippen molar-refractivity contribution in [1.82, 2.24) is 35.6 Å². The van der Waals surface area contributed by atoms with Gasteiger partial charge in [-0.1, -0.05) is 57.2 Å². The van der Waals surface area contributed by atoms with Crippen molar-refractivity contribution in [3.05, 3.63) is 71.4 Å². The van der Waals surface area contributed by atoms with E-state index in [1.54, 1.807) is 35.6 Å². The number of carbonyl (C=O) groups is 4. The summed E-state index contributed by atoms with van der Waals surface area (Å²) in [6, 6.07) is 14.4. The van der Waals surface area contributed by atoms with Crippen molar-refractivity contribution < 1.29 is 29.0 Å². The van der Waals surface area contributed by atoms with Gasteiger partial charge < -0.3 is 36.0 Å². The molecule has 2 aliphatic rings. The Morgan fingerprint density at radius 3 is 2.35 bits per heavy atom. The Balaban J connectivity index is 1.09. The first-order valence-corrected chi connectivity index (χ1v) is 19.9. The molecule has 3 amide bonds. The van der Waals surface area contributed by atoms with Crippen molar-refractivity contribution in [2.24, 2.45) is 5.41 Å². The van der Waals surface area contributed by atoms with Gasteiger partial charge >= 0.3 is 5.97 Å². The molecule has 6 rings (SSSR count). The molecule has 57 heavy (non-hydrogen) atoms. The topological polar surface area (TPSA) is 196 Å². The molecule has 5 N–H and O–H groups in total. The molecule has 0 unspecified atom stereocenters. The van der Waals surface area contributed by atoms with E-state index in [1.807, 2.05) is 75.4 Å². The second-order valence-electron chi connectivity index (χ2n) is 15.7. The number of amides is 3. The number of aryl methyl sites for hydroxylation is 1. The number of rotatable bonds is 11. The third-order valence-electron chi connectivity index (χ3n) is 10.4. The van der Waals surface area contributed by atoms with Gasteiger partial charge in [0, 0.05) is 45.1 Å². The Bertz CT molecular complexity index is 2090. The largest absolute Gasteiger partial charge is 0.507 e. The lowest BCUT2D eigenvalue weighted by Crippen LogP contribution is -2.59. The predicted molar refractivity (Wildman–Crippen MR) is 218 cm³/mol. The number of likely N-dealkylation sites (tertiary alicyclic amines) is 1. The zero-order valence-corrected chi connectivity index (χ0v) is 34.0. The van der Waals surface area contributed by atoms with Gasteiger partial charge in [0.1, 0.15) is 23.9 Å². The molecular formula is C41H51N9O6S. The number of nitrogen functional groups attached to an aromatic ring is 1. The first-order chi connectivity index (χ1) is 27.1. The fourth-order valence-electron chi connectivity index (χ4n) is 7.34. The summed E-state index contributed by atoms with van der Waals surface area (Å²) in [6.07, 6.45) is -0.542. The Morgan fingerprint density at radius 1 is 1.02 bits per heavy atom. The molecule has 2 saturated heterocycles. The number of ether oxygens (including phenoxy) is 1. The molecule has 4 heterocycles. The summed E-state index contributed by atoms with van der Waals surface area (Å²) in [5.74, 6) is -1.27. The van der Waals surface area contributed by atoms with E-state index in [0.717, 1.165) is 21.7 Å². The summed E-state index contributed by atoms with van der Waals surface area (Å²) in [6.45, 7) is 13.0. The third kappa shape index (κ3) is 9.68. The minimum absolute atomic E-state index is 0.0246. The first kappa shape index (κ1) is 41.0. The Kier molecular flexibility index (Phi) is 12.4. The number of hydrogen-bond acceptors (Lipinski definition) is 13. The summed E-state index contributed by atoms with van der Waals surface area (Å²) < 4.78 is 5.51. The average molecular weight is 798 g/mol. The minimum Gasteiger partial charge on any atom is -0.507 e. The maximum Gasteiger partial charge on any atom is 0.302 e. The number of nitrogens with two attached hydrogens (primary N) is 1. The maximum atomic E-state index is 14.4. The summed E-state index contributed by atoms with van der Waals surface area (Å²) in [4.78, 5) is 64.8. The predicted octanol–water partition coefficient (Wildman–Crippen LogP) is 3.93. The molecule has 0 aliphatic carbocycles. The number of aromatic nitrogens is 3. The molecule has 4 aromatic rings. The number of nitrogens with zero attached hydrogens (tertiary/aromatic N) is 6. The summed E-state index contributed by atoms with van der Waals surface area (Å²) in [5.41, 5.74) is 11.9. The second kappa shape index (κ2) is 17.3. The smallest absolute Gasteiger partial charge is 0.302 e. The van der Waals surface area contributed by atoms with Crippen LogP contribution in [0.25, 0.3) is 21.7 Å². The van der Waals surface area contributed by atoms with Crippen molar-refractivity contribution in [3.63, 3.8) is 0 Å². The third-order valence-corrected chi connectivity index (χ3v) is 11.4. The number of para-hydroxylation sites is 1. The van der Waals surface area contributed by atoms with E-state index >= 15 is 0 Å². The molecule has 0 bridgehead atoms. The van der Waals surface area contributed by atoms with Crippen LogP contribution in [0.3, 0.4) is 0 Å². The molecule has 0 radical (unpaired) electrons. The zero-order chi connectivity index (χ0) is 41.0. The highest BCUT2D eigenvalue weighted by molar-refractivity contribution is 7.13. The minimum atomic E-state index is -0.964. The van der Waals surface area contributed by atoms with E-state index in [1.165, 1.54) is 11.8 Å². The fraction of sp³-hybridized carbons (Fsp3) is 0.439. The van der Waals surface area contributed by atoms with Crippen LogP contribution in [-0.2, 0) is 23.9 Å². The molecule has 0 saturated carbocycles. The number of benzene rings is 2. The lowest BCUT2D eigenvalue weighted by Gasteiger charge is -2.38. The molecule has 4 atom stereocenters. The van der Waals surface area contributed by atoms with Crippen LogP contribution in [0, 0.1) is 12.3 Å². The van der Waals surface area contributed by atoms with E-state index in [2.05, 4.69) is 30.7 Å². The monoisotopic (exact) mass is 797 g/mol. The van der Waals surface area contributed by atoms with Crippen LogP contribution >= 0.6 is 11.3 Å². The van der Waals surface area contributed by atoms with Crippen LogP contribution in [0.15, 0.2) is 60.1 Å². The lowest BCUT2D eigenvalue weighted by molar-refractivity contribution is -0.147. The number of nitrogens with one attached hydrogen (secondary N) is 2. The van der Waals surface area contributed by atoms with Crippen molar-refractivity contribution in [2.75, 3.05) is 49.9 Å².